The van der Waals surface area contributed by atoms with Crippen molar-refractivity contribution in [3.05, 3.63) is 36.4 Å². The number of carbonyl (C=O) groups is 3. The number of rotatable bonds is 5. The number of carboxylic acids is 2. The average molecular weight is 450 g/mol. The molecule has 32 heavy (non-hydrogen) atoms. The minimum atomic E-state index is -1.26. The van der Waals surface area contributed by atoms with Crippen LogP contribution < -0.4 is 14.8 Å². The van der Waals surface area contributed by atoms with E-state index >= 15 is 0 Å². The van der Waals surface area contributed by atoms with Crippen molar-refractivity contribution in [2.24, 2.45) is 0 Å². The molecular weight excluding hydrogens is 424 g/mol. The van der Waals surface area contributed by atoms with E-state index in [4.69, 9.17) is 24.4 Å². The molecule has 4 N–H and O–H groups in total. The fourth-order valence-corrected chi connectivity index (χ4v) is 3.67. The molecule has 1 aromatic rings. The lowest BCUT2D eigenvalue weighted by Gasteiger charge is -2.39. The molecule has 0 aromatic heterocycles. The second kappa shape index (κ2) is 10.3. The van der Waals surface area contributed by atoms with Gasteiger partial charge < -0.3 is 39.7 Å². The quantitative estimate of drug-likeness (QED) is 0.465. The van der Waals surface area contributed by atoms with E-state index in [0.717, 1.165) is 31.7 Å². The predicted octanol–water partition coefficient (Wildman–Crippen LogP) is 0.474. The van der Waals surface area contributed by atoms with E-state index in [1.54, 1.807) is 0 Å². The van der Waals surface area contributed by atoms with Gasteiger partial charge in [0.2, 0.25) is 0 Å². The highest BCUT2D eigenvalue weighted by Crippen LogP contribution is 2.32. The predicted molar refractivity (Wildman–Crippen MR) is 110 cm³/mol. The first kappa shape index (κ1) is 23.4. The van der Waals surface area contributed by atoms with Gasteiger partial charge in [-0.05, 0) is 12.1 Å². The number of para-hydroxylation sites is 2. The molecule has 0 radical (unpaired) electrons. The van der Waals surface area contributed by atoms with E-state index in [1.165, 1.54) is 0 Å². The third kappa shape index (κ3) is 6.34. The van der Waals surface area contributed by atoms with Crippen molar-refractivity contribution in [2.75, 3.05) is 32.8 Å². The summed E-state index contributed by atoms with van der Waals surface area (Å²) in [5, 5.41) is 28.9. The van der Waals surface area contributed by atoms with Crippen LogP contribution >= 0.6 is 0 Å². The van der Waals surface area contributed by atoms with Gasteiger partial charge in [0.15, 0.2) is 17.6 Å². The van der Waals surface area contributed by atoms with Gasteiger partial charge in [0, 0.05) is 44.6 Å². The lowest BCUT2D eigenvalue weighted by Crippen LogP contribution is -2.51. The van der Waals surface area contributed by atoms with Crippen molar-refractivity contribution in [1.29, 1.82) is 0 Å². The molecule has 2 atom stereocenters. The number of β-amino-alcohol motifs (C(OH)–C–C–N with tert-alkyl or cyclic N) is 1. The number of fused-ring (bicyclic) bond motifs is 1. The summed E-state index contributed by atoms with van der Waals surface area (Å²) in [4.78, 5) is 32.6. The molecule has 4 rings (SSSR count). The maximum atomic E-state index is 11.3. The van der Waals surface area contributed by atoms with Crippen LogP contribution in [0.5, 0.6) is 11.5 Å². The Kier molecular flexibility index (Phi) is 7.54. The third-order valence-electron chi connectivity index (χ3n) is 5.40. The number of hydrogen-bond donors (Lipinski definition) is 4. The Hall–Kier alpha value is -3.31. The summed E-state index contributed by atoms with van der Waals surface area (Å²) in [5.74, 6) is -1.12. The van der Waals surface area contributed by atoms with Gasteiger partial charge in [-0.2, -0.15) is 0 Å². The zero-order chi connectivity index (χ0) is 23.1. The third-order valence-corrected chi connectivity index (χ3v) is 5.40. The Morgan fingerprint density at radius 2 is 1.78 bits per heavy atom. The minimum absolute atomic E-state index is 0.324. The van der Waals surface area contributed by atoms with Crippen molar-refractivity contribution in [3.63, 3.8) is 0 Å². The summed E-state index contributed by atoms with van der Waals surface area (Å²) < 4.78 is 16.9. The molecule has 11 nitrogen and oxygen atoms in total. The summed E-state index contributed by atoms with van der Waals surface area (Å²) in [7, 11) is 0. The van der Waals surface area contributed by atoms with Crippen molar-refractivity contribution >= 4 is 18.0 Å². The first-order valence-corrected chi connectivity index (χ1v) is 10.2. The molecule has 174 valence electrons. The molecule has 2 saturated heterocycles. The maximum Gasteiger partial charge on any atom is 0.407 e. The Morgan fingerprint density at radius 1 is 1.16 bits per heavy atom. The maximum absolute atomic E-state index is 11.3. The highest BCUT2D eigenvalue weighted by molar-refractivity contribution is 5.89. The van der Waals surface area contributed by atoms with E-state index < -0.39 is 18.0 Å². The average Bonchev–Trinajstić information content (AvgIpc) is 3.14. The topological polar surface area (TPSA) is 155 Å². The number of carboxylic acid groups (broad SMARTS) is 2. The van der Waals surface area contributed by atoms with Crippen LogP contribution in [0.25, 0.3) is 0 Å². The van der Waals surface area contributed by atoms with Crippen molar-refractivity contribution in [2.45, 2.75) is 30.7 Å². The van der Waals surface area contributed by atoms with Crippen LogP contribution in [0.4, 0.5) is 4.79 Å². The number of amides is 1. The molecule has 2 fully saturated rings. The van der Waals surface area contributed by atoms with Crippen molar-refractivity contribution in [1.82, 2.24) is 10.2 Å². The highest BCUT2D eigenvalue weighted by Gasteiger charge is 2.43. The Morgan fingerprint density at radius 3 is 2.34 bits per heavy atom. The smallest absolute Gasteiger partial charge is 0.407 e. The Labute approximate surface area is 184 Å². The molecule has 3 aliphatic heterocycles. The standard InChI is InChI=1S/C17H22N2O5.C4H4O4/c20-12(15-10-22-13-3-1-2-4-14(13)23-15)9-19-7-5-17(6-8-19)11-18-16(21)24-17;5-3(6)1-2-4(7)8/h1-4,12,15,20H,5-11H2,(H,18,21);1-2H,(H,5,6)(H,7,8)/b;2-1-. The number of aliphatic hydroxyl groups is 1. The fraction of sp³-hybridized carbons (Fsp3) is 0.476. The van der Waals surface area contributed by atoms with Gasteiger partial charge in [-0.1, -0.05) is 12.1 Å². The van der Waals surface area contributed by atoms with Crippen LogP contribution in [-0.2, 0) is 14.3 Å². The normalized spacial score (nSPS) is 22.4. The molecule has 1 aromatic carbocycles. The molecule has 0 aliphatic carbocycles. The van der Waals surface area contributed by atoms with E-state index in [-0.39, 0.29) is 17.8 Å². The number of aliphatic carboxylic acids is 2. The molecule has 0 bridgehead atoms. The summed E-state index contributed by atoms with van der Waals surface area (Å²) in [5.41, 5.74) is -0.359. The number of aliphatic hydroxyl groups excluding tert-OH is 1. The van der Waals surface area contributed by atoms with E-state index in [9.17, 15) is 19.5 Å². The number of nitrogens with one attached hydrogen (secondary N) is 1. The number of piperidine rings is 1. The lowest BCUT2D eigenvalue weighted by atomic mass is 9.91. The molecular formula is C21H26N2O9. The lowest BCUT2D eigenvalue weighted by molar-refractivity contribution is -0.134. The number of hydrogen-bond acceptors (Lipinski definition) is 8. The van der Waals surface area contributed by atoms with Crippen LogP contribution in [0.1, 0.15) is 12.8 Å². The number of carbonyl (C=O) groups excluding carboxylic acids is 1. The summed E-state index contributed by atoms with van der Waals surface area (Å²) in [6.07, 6.45) is 1.35. The van der Waals surface area contributed by atoms with Gasteiger partial charge in [0.1, 0.15) is 18.3 Å². The first-order chi connectivity index (χ1) is 15.3. The fourth-order valence-electron chi connectivity index (χ4n) is 3.67. The van der Waals surface area contributed by atoms with Gasteiger partial charge in [-0.3, -0.25) is 0 Å². The number of likely N-dealkylation sites (tertiary alicyclic amines) is 1. The molecule has 0 saturated carbocycles. The van der Waals surface area contributed by atoms with E-state index in [0.29, 0.717) is 37.6 Å². The SMILES string of the molecule is O=C(O)/C=C\C(=O)O.O=C1NCC2(CCN(CC(O)C3COc4ccccc4O3)CC2)O1. The van der Waals surface area contributed by atoms with Gasteiger partial charge in [-0.25, -0.2) is 14.4 Å². The zero-order valence-corrected chi connectivity index (χ0v) is 17.3. The van der Waals surface area contributed by atoms with Gasteiger partial charge in [-0.15, -0.1) is 0 Å². The second-order valence-electron chi connectivity index (χ2n) is 7.72. The Bertz CT molecular complexity index is 849. The van der Waals surface area contributed by atoms with Crippen LogP contribution in [0.2, 0.25) is 0 Å². The largest absolute Gasteiger partial charge is 0.486 e. The molecule has 1 spiro atoms. The molecule has 1 amide bonds. The van der Waals surface area contributed by atoms with E-state index in [1.807, 2.05) is 24.3 Å². The number of ether oxygens (including phenoxy) is 3. The van der Waals surface area contributed by atoms with Crippen LogP contribution in [0, 0.1) is 0 Å². The number of benzene rings is 1. The van der Waals surface area contributed by atoms with Gasteiger partial charge in [0.25, 0.3) is 0 Å². The van der Waals surface area contributed by atoms with E-state index in [2.05, 4.69) is 10.2 Å². The van der Waals surface area contributed by atoms with Gasteiger partial charge in [0.05, 0.1) is 6.54 Å². The van der Waals surface area contributed by atoms with Crippen molar-refractivity contribution in [3.8, 4) is 11.5 Å². The highest BCUT2D eigenvalue weighted by atomic mass is 16.6. The van der Waals surface area contributed by atoms with Crippen LogP contribution in [0.3, 0.4) is 0 Å². The second-order valence-corrected chi connectivity index (χ2v) is 7.72. The number of alkyl carbamates (subject to hydrolysis) is 1. The number of nitrogens with zero attached hydrogens (tertiary/aromatic N) is 1. The zero-order valence-electron chi connectivity index (χ0n) is 17.3. The van der Waals surface area contributed by atoms with Crippen molar-refractivity contribution < 1.29 is 43.9 Å². The molecule has 11 heteroatoms. The van der Waals surface area contributed by atoms with Crippen LogP contribution in [0.15, 0.2) is 36.4 Å². The summed E-state index contributed by atoms with van der Waals surface area (Å²) in [6, 6.07) is 7.49. The monoisotopic (exact) mass is 450 g/mol. The molecule has 3 heterocycles. The minimum Gasteiger partial charge on any atom is -0.486 e. The summed E-state index contributed by atoms with van der Waals surface area (Å²) in [6.45, 7) is 3.02. The molecule has 3 aliphatic rings. The molecule has 2 unspecified atom stereocenters. The Balaban J connectivity index is 0.000000312. The van der Waals surface area contributed by atoms with Crippen LogP contribution in [-0.4, -0.2) is 88.8 Å². The first-order valence-electron chi connectivity index (χ1n) is 10.2. The van der Waals surface area contributed by atoms with Gasteiger partial charge >= 0.3 is 18.0 Å². The summed E-state index contributed by atoms with van der Waals surface area (Å²) >= 11 is 0.